The standard InChI is InChI=1S/C14H15N5O3S/c1-19-12(15-8-16-19)7-23-14-18-17-13(22-14)9-4-10(20-2)6-11(5-9)21-3/h4-6,8H,7H2,1-3H3. The molecular formula is C14H15N5O3S. The second-order valence-corrected chi connectivity index (χ2v) is 5.49. The number of benzene rings is 1. The maximum absolute atomic E-state index is 5.68. The summed E-state index contributed by atoms with van der Waals surface area (Å²) in [5, 5.41) is 12.6. The molecule has 23 heavy (non-hydrogen) atoms. The maximum Gasteiger partial charge on any atom is 0.277 e. The van der Waals surface area contributed by atoms with Crippen molar-refractivity contribution >= 4 is 11.8 Å². The molecule has 0 amide bonds. The van der Waals surface area contributed by atoms with Crippen LogP contribution >= 0.6 is 11.8 Å². The summed E-state index contributed by atoms with van der Waals surface area (Å²) >= 11 is 1.40. The van der Waals surface area contributed by atoms with E-state index in [-0.39, 0.29) is 0 Å². The van der Waals surface area contributed by atoms with E-state index in [1.54, 1.807) is 25.0 Å². The second-order valence-electron chi connectivity index (χ2n) is 4.56. The third-order valence-electron chi connectivity index (χ3n) is 3.13. The van der Waals surface area contributed by atoms with Gasteiger partial charge < -0.3 is 13.9 Å². The van der Waals surface area contributed by atoms with Gasteiger partial charge in [0, 0.05) is 18.7 Å². The molecule has 9 heteroatoms. The predicted octanol–water partition coefficient (Wildman–Crippen LogP) is 2.17. The van der Waals surface area contributed by atoms with E-state index in [1.807, 2.05) is 19.2 Å². The molecule has 0 fully saturated rings. The number of methoxy groups -OCH3 is 2. The highest BCUT2D eigenvalue weighted by atomic mass is 32.2. The minimum Gasteiger partial charge on any atom is -0.497 e. The maximum atomic E-state index is 5.68. The lowest BCUT2D eigenvalue weighted by Gasteiger charge is -2.05. The van der Waals surface area contributed by atoms with Crippen molar-refractivity contribution in [3.05, 3.63) is 30.4 Å². The van der Waals surface area contributed by atoms with Crippen LogP contribution in [0.5, 0.6) is 11.5 Å². The van der Waals surface area contributed by atoms with Crippen LogP contribution < -0.4 is 9.47 Å². The van der Waals surface area contributed by atoms with Crippen molar-refractivity contribution in [3.63, 3.8) is 0 Å². The van der Waals surface area contributed by atoms with E-state index >= 15 is 0 Å². The van der Waals surface area contributed by atoms with Crippen molar-refractivity contribution in [1.82, 2.24) is 25.0 Å². The molecule has 120 valence electrons. The average molecular weight is 333 g/mol. The second kappa shape index (κ2) is 6.69. The lowest BCUT2D eigenvalue weighted by atomic mass is 10.2. The highest BCUT2D eigenvalue weighted by molar-refractivity contribution is 7.98. The summed E-state index contributed by atoms with van der Waals surface area (Å²) in [7, 11) is 5.02. The summed E-state index contributed by atoms with van der Waals surface area (Å²) in [5.74, 6) is 3.15. The first-order chi connectivity index (χ1) is 11.2. The number of aromatic nitrogens is 5. The molecule has 0 spiro atoms. The van der Waals surface area contributed by atoms with Gasteiger partial charge >= 0.3 is 0 Å². The van der Waals surface area contributed by atoms with Crippen LogP contribution in [0.4, 0.5) is 0 Å². The molecule has 0 aliphatic heterocycles. The number of nitrogens with zero attached hydrogens (tertiary/aromatic N) is 5. The first-order valence-corrected chi connectivity index (χ1v) is 7.71. The zero-order valence-corrected chi connectivity index (χ0v) is 13.7. The number of ether oxygens (including phenoxy) is 2. The molecule has 3 aromatic rings. The van der Waals surface area contributed by atoms with Crippen LogP contribution in [-0.2, 0) is 12.8 Å². The van der Waals surface area contributed by atoms with Gasteiger partial charge in [0.05, 0.1) is 20.0 Å². The number of aryl methyl sites for hydroxylation is 1. The van der Waals surface area contributed by atoms with Crippen LogP contribution in [0.3, 0.4) is 0 Å². The Balaban J connectivity index is 1.77. The molecule has 0 saturated carbocycles. The van der Waals surface area contributed by atoms with Gasteiger partial charge in [-0.25, -0.2) is 4.98 Å². The highest BCUT2D eigenvalue weighted by Gasteiger charge is 2.13. The van der Waals surface area contributed by atoms with Gasteiger partial charge in [0.1, 0.15) is 23.7 Å². The van der Waals surface area contributed by atoms with Gasteiger partial charge in [0.25, 0.3) is 5.22 Å². The van der Waals surface area contributed by atoms with Crippen molar-refractivity contribution in [2.45, 2.75) is 11.0 Å². The topological polar surface area (TPSA) is 88.1 Å². The van der Waals surface area contributed by atoms with E-state index in [1.165, 1.54) is 18.1 Å². The van der Waals surface area contributed by atoms with Crippen LogP contribution in [0, 0.1) is 0 Å². The molecule has 2 heterocycles. The highest BCUT2D eigenvalue weighted by Crippen LogP contribution is 2.30. The molecule has 0 saturated heterocycles. The summed E-state index contributed by atoms with van der Waals surface area (Å²) < 4.78 is 17.9. The van der Waals surface area contributed by atoms with E-state index in [0.717, 1.165) is 11.4 Å². The molecule has 0 bridgehead atoms. The number of hydrogen-bond acceptors (Lipinski definition) is 8. The van der Waals surface area contributed by atoms with Gasteiger partial charge in [-0.2, -0.15) is 5.10 Å². The Kier molecular flexibility index (Phi) is 4.47. The van der Waals surface area contributed by atoms with Crippen LogP contribution in [-0.4, -0.2) is 39.2 Å². The van der Waals surface area contributed by atoms with E-state index < -0.39 is 0 Å². The summed E-state index contributed by atoms with van der Waals surface area (Å²) in [5.41, 5.74) is 0.735. The predicted molar refractivity (Wildman–Crippen MR) is 83.4 cm³/mol. The normalized spacial score (nSPS) is 10.7. The monoisotopic (exact) mass is 333 g/mol. The molecule has 0 atom stereocenters. The van der Waals surface area contributed by atoms with Crippen LogP contribution in [0.1, 0.15) is 5.82 Å². The molecular weight excluding hydrogens is 318 g/mol. The van der Waals surface area contributed by atoms with Gasteiger partial charge in [0.2, 0.25) is 5.89 Å². The summed E-state index contributed by atoms with van der Waals surface area (Å²) in [6.07, 6.45) is 1.51. The zero-order valence-electron chi connectivity index (χ0n) is 12.9. The van der Waals surface area contributed by atoms with Gasteiger partial charge in [0.15, 0.2) is 0 Å². The van der Waals surface area contributed by atoms with E-state index in [9.17, 15) is 0 Å². The van der Waals surface area contributed by atoms with Gasteiger partial charge in [-0.3, -0.25) is 4.68 Å². The molecule has 2 aromatic heterocycles. The van der Waals surface area contributed by atoms with Gasteiger partial charge in [-0.05, 0) is 12.1 Å². The SMILES string of the molecule is COc1cc(OC)cc(-c2nnc(SCc3ncnn3C)o2)c1. The minimum absolute atomic E-state index is 0.405. The Morgan fingerprint density at radius 1 is 1.13 bits per heavy atom. The quantitative estimate of drug-likeness (QED) is 0.634. The van der Waals surface area contributed by atoms with Crippen molar-refractivity contribution in [2.24, 2.45) is 7.05 Å². The first kappa shape index (κ1) is 15.3. The van der Waals surface area contributed by atoms with Crippen molar-refractivity contribution in [3.8, 4) is 23.0 Å². The fourth-order valence-electron chi connectivity index (χ4n) is 1.89. The fourth-order valence-corrected chi connectivity index (χ4v) is 2.64. The lowest BCUT2D eigenvalue weighted by Crippen LogP contribution is -1.97. The fraction of sp³-hybridized carbons (Fsp3) is 0.286. The number of rotatable bonds is 6. The molecule has 0 unspecified atom stereocenters. The summed E-state index contributed by atoms with van der Waals surface area (Å²) in [6, 6.07) is 5.41. The van der Waals surface area contributed by atoms with E-state index in [2.05, 4.69) is 20.3 Å². The molecule has 0 aliphatic rings. The Labute approximate surface area is 136 Å². The molecule has 8 nitrogen and oxygen atoms in total. The first-order valence-electron chi connectivity index (χ1n) is 6.72. The summed E-state index contributed by atoms with van der Waals surface area (Å²) in [6.45, 7) is 0. The summed E-state index contributed by atoms with van der Waals surface area (Å²) in [4.78, 5) is 4.15. The minimum atomic E-state index is 0.405. The molecule has 0 N–H and O–H groups in total. The lowest BCUT2D eigenvalue weighted by molar-refractivity contribution is 0.394. The van der Waals surface area contributed by atoms with E-state index in [4.69, 9.17) is 13.9 Å². The zero-order chi connectivity index (χ0) is 16.2. The number of hydrogen-bond donors (Lipinski definition) is 0. The average Bonchev–Trinajstić information content (AvgIpc) is 3.21. The molecule has 3 rings (SSSR count). The van der Waals surface area contributed by atoms with Crippen molar-refractivity contribution in [2.75, 3.05) is 14.2 Å². The molecule has 0 radical (unpaired) electrons. The van der Waals surface area contributed by atoms with Crippen molar-refractivity contribution in [1.29, 1.82) is 0 Å². The third kappa shape index (κ3) is 3.45. The van der Waals surface area contributed by atoms with Gasteiger partial charge in [-0.15, -0.1) is 10.2 Å². The van der Waals surface area contributed by atoms with Gasteiger partial charge in [-0.1, -0.05) is 11.8 Å². The Morgan fingerprint density at radius 2 is 1.87 bits per heavy atom. The molecule has 0 aliphatic carbocycles. The smallest absolute Gasteiger partial charge is 0.277 e. The van der Waals surface area contributed by atoms with E-state index in [0.29, 0.717) is 28.4 Å². The van der Waals surface area contributed by atoms with Crippen LogP contribution in [0.15, 0.2) is 34.2 Å². The largest absolute Gasteiger partial charge is 0.497 e. The Hall–Kier alpha value is -2.55. The Morgan fingerprint density at radius 3 is 2.48 bits per heavy atom. The van der Waals surface area contributed by atoms with Crippen LogP contribution in [0.25, 0.3) is 11.5 Å². The third-order valence-corrected chi connectivity index (χ3v) is 3.95. The Bertz CT molecular complexity index is 779. The number of thioether (sulfide) groups is 1. The molecule has 1 aromatic carbocycles. The van der Waals surface area contributed by atoms with Crippen LogP contribution in [0.2, 0.25) is 0 Å². The van der Waals surface area contributed by atoms with Crippen molar-refractivity contribution < 1.29 is 13.9 Å².